The van der Waals surface area contributed by atoms with E-state index in [0.29, 0.717) is 11.2 Å². The third kappa shape index (κ3) is 5.87. The monoisotopic (exact) mass is 261 g/mol. The Morgan fingerprint density at radius 1 is 1.24 bits per heavy atom. The molecule has 1 N–H and O–H groups in total. The maximum absolute atomic E-state index is 11.2. The van der Waals surface area contributed by atoms with Gasteiger partial charge in [0.05, 0.1) is 0 Å². The molecule has 1 rings (SSSR count). The average Bonchev–Trinajstić information content (AvgIpc) is 2.65. The average molecular weight is 261 g/mol. The molecule has 102 valence electrons. The van der Waals surface area contributed by atoms with Crippen LogP contribution >= 0.6 is 0 Å². The van der Waals surface area contributed by atoms with E-state index in [2.05, 4.69) is 12.2 Å². The van der Waals surface area contributed by atoms with E-state index < -0.39 is 9.84 Å². The molecule has 1 aliphatic carbocycles. The summed E-state index contributed by atoms with van der Waals surface area (Å²) in [5, 5.41) is 3.52. The van der Waals surface area contributed by atoms with Crippen LogP contribution in [-0.4, -0.2) is 33.5 Å². The molecule has 0 aromatic rings. The molecule has 0 heterocycles. The van der Waals surface area contributed by atoms with Crippen molar-refractivity contribution in [2.24, 2.45) is 5.41 Å². The lowest BCUT2D eigenvalue weighted by molar-refractivity contribution is 0.255. The Bertz CT molecular complexity index is 305. The highest BCUT2D eigenvalue weighted by Crippen LogP contribution is 2.41. The van der Waals surface area contributed by atoms with Crippen LogP contribution in [0.3, 0.4) is 0 Å². The molecule has 0 bridgehead atoms. The zero-order valence-electron chi connectivity index (χ0n) is 11.3. The van der Waals surface area contributed by atoms with Crippen LogP contribution in [0, 0.1) is 5.41 Å². The predicted octanol–water partition coefficient (Wildman–Crippen LogP) is 2.37. The number of hydrogen-bond donors (Lipinski definition) is 1. The molecule has 0 saturated heterocycles. The topological polar surface area (TPSA) is 46.2 Å². The smallest absolute Gasteiger partial charge is 0.147 e. The molecule has 0 radical (unpaired) electrons. The van der Waals surface area contributed by atoms with E-state index in [1.807, 2.05) is 0 Å². The van der Waals surface area contributed by atoms with E-state index in [0.717, 1.165) is 25.9 Å². The lowest BCUT2D eigenvalue weighted by Gasteiger charge is -2.29. The van der Waals surface area contributed by atoms with Crippen molar-refractivity contribution in [3.63, 3.8) is 0 Å². The quantitative estimate of drug-likeness (QED) is 0.682. The minimum Gasteiger partial charge on any atom is -0.316 e. The highest BCUT2D eigenvalue weighted by molar-refractivity contribution is 7.90. The van der Waals surface area contributed by atoms with Crippen LogP contribution in [-0.2, 0) is 9.84 Å². The van der Waals surface area contributed by atoms with E-state index in [1.54, 1.807) is 0 Å². The van der Waals surface area contributed by atoms with E-state index in [-0.39, 0.29) is 0 Å². The standard InChI is InChI=1S/C13H27NO2S/c1-3-10-14-12-13(7-4-5-8-13)9-6-11-17(2,15)16/h14H,3-12H2,1-2H3. The zero-order valence-corrected chi connectivity index (χ0v) is 12.1. The van der Waals surface area contributed by atoms with E-state index in [9.17, 15) is 8.42 Å². The molecule has 0 aromatic heterocycles. The molecule has 0 aliphatic heterocycles. The summed E-state index contributed by atoms with van der Waals surface area (Å²) in [7, 11) is -2.79. The van der Waals surface area contributed by atoms with Gasteiger partial charge >= 0.3 is 0 Å². The number of nitrogens with one attached hydrogen (secondary N) is 1. The summed E-state index contributed by atoms with van der Waals surface area (Å²) in [5.74, 6) is 0.350. The summed E-state index contributed by atoms with van der Waals surface area (Å²) >= 11 is 0. The summed E-state index contributed by atoms with van der Waals surface area (Å²) in [6.07, 6.45) is 9.56. The second kappa shape index (κ2) is 6.74. The molecule has 4 heteroatoms. The maximum atomic E-state index is 11.2. The summed E-state index contributed by atoms with van der Waals surface area (Å²) in [6, 6.07) is 0. The molecule has 1 aliphatic rings. The minimum absolute atomic E-state index is 0.350. The molecule has 1 fully saturated rings. The largest absolute Gasteiger partial charge is 0.316 e. The summed E-state index contributed by atoms with van der Waals surface area (Å²) in [4.78, 5) is 0. The van der Waals surface area contributed by atoms with E-state index >= 15 is 0 Å². The molecule has 3 nitrogen and oxygen atoms in total. The number of sulfone groups is 1. The van der Waals surface area contributed by atoms with Gasteiger partial charge in [0.25, 0.3) is 0 Å². The van der Waals surface area contributed by atoms with Gasteiger partial charge in [0.1, 0.15) is 9.84 Å². The first kappa shape index (κ1) is 15.0. The Hall–Kier alpha value is -0.0900. The van der Waals surface area contributed by atoms with Gasteiger partial charge in [0.15, 0.2) is 0 Å². The fourth-order valence-corrected chi connectivity index (χ4v) is 3.55. The number of rotatable bonds is 8. The van der Waals surface area contributed by atoms with Crippen molar-refractivity contribution >= 4 is 9.84 Å². The molecule has 0 unspecified atom stereocenters. The second-order valence-electron chi connectivity index (χ2n) is 5.62. The van der Waals surface area contributed by atoms with Crippen LogP contribution in [0.4, 0.5) is 0 Å². The molecule has 0 aromatic carbocycles. The fourth-order valence-electron chi connectivity index (χ4n) is 2.88. The van der Waals surface area contributed by atoms with Crippen molar-refractivity contribution in [1.29, 1.82) is 0 Å². The minimum atomic E-state index is -2.79. The van der Waals surface area contributed by atoms with Gasteiger partial charge in [-0.1, -0.05) is 19.8 Å². The fraction of sp³-hybridized carbons (Fsp3) is 1.00. The highest BCUT2D eigenvalue weighted by atomic mass is 32.2. The summed E-state index contributed by atoms with van der Waals surface area (Å²) in [5.41, 5.74) is 0.389. The molecular weight excluding hydrogens is 234 g/mol. The molecule has 0 atom stereocenters. The van der Waals surface area contributed by atoms with Crippen molar-refractivity contribution in [3.8, 4) is 0 Å². The van der Waals surface area contributed by atoms with Crippen LogP contribution in [0.5, 0.6) is 0 Å². The summed E-state index contributed by atoms with van der Waals surface area (Å²) < 4.78 is 22.3. The van der Waals surface area contributed by atoms with Gasteiger partial charge in [-0.3, -0.25) is 0 Å². The van der Waals surface area contributed by atoms with Crippen LogP contribution in [0.1, 0.15) is 51.9 Å². The van der Waals surface area contributed by atoms with Gasteiger partial charge in [0.2, 0.25) is 0 Å². The molecule has 1 saturated carbocycles. The van der Waals surface area contributed by atoms with Gasteiger partial charge in [-0.15, -0.1) is 0 Å². The highest BCUT2D eigenvalue weighted by Gasteiger charge is 2.32. The van der Waals surface area contributed by atoms with Crippen molar-refractivity contribution in [1.82, 2.24) is 5.32 Å². The van der Waals surface area contributed by atoms with Gasteiger partial charge in [0, 0.05) is 18.6 Å². The molecular formula is C13H27NO2S. The molecule has 17 heavy (non-hydrogen) atoms. The first-order chi connectivity index (χ1) is 7.97. The third-order valence-corrected chi connectivity index (χ3v) is 4.84. The van der Waals surface area contributed by atoms with Crippen LogP contribution in [0.15, 0.2) is 0 Å². The first-order valence-electron chi connectivity index (χ1n) is 6.86. The van der Waals surface area contributed by atoms with Gasteiger partial charge in [-0.25, -0.2) is 8.42 Å². The Morgan fingerprint density at radius 2 is 1.88 bits per heavy atom. The lowest BCUT2D eigenvalue weighted by Crippen LogP contribution is -2.33. The second-order valence-corrected chi connectivity index (χ2v) is 7.88. The van der Waals surface area contributed by atoms with Gasteiger partial charge in [-0.2, -0.15) is 0 Å². The number of hydrogen-bond acceptors (Lipinski definition) is 3. The van der Waals surface area contributed by atoms with Crippen molar-refractivity contribution < 1.29 is 8.42 Å². The molecule has 0 amide bonds. The Balaban J connectivity index is 2.37. The van der Waals surface area contributed by atoms with Crippen molar-refractivity contribution in [2.45, 2.75) is 51.9 Å². The van der Waals surface area contributed by atoms with Crippen LogP contribution in [0.2, 0.25) is 0 Å². The Morgan fingerprint density at radius 3 is 2.41 bits per heavy atom. The maximum Gasteiger partial charge on any atom is 0.147 e. The summed E-state index contributed by atoms with van der Waals surface area (Å²) in [6.45, 7) is 4.33. The van der Waals surface area contributed by atoms with Gasteiger partial charge in [-0.05, 0) is 44.1 Å². The SMILES string of the molecule is CCCNCC1(CCCS(C)(=O)=O)CCCC1. The third-order valence-electron chi connectivity index (χ3n) is 3.81. The van der Waals surface area contributed by atoms with Crippen LogP contribution in [0.25, 0.3) is 0 Å². The van der Waals surface area contributed by atoms with Crippen LogP contribution < -0.4 is 5.32 Å². The normalized spacial score (nSPS) is 19.6. The van der Waals surface area contributed by atoms with Crippen molar-refractivity contribution in [2.75, 3.05) is 25.1 Å². The van der Waals surface area contributed by atoms with Gasteiger partial charge < -0.3 is 5.32 Å². The Kier molecular flexibility index (Phi) is 5.93. The first-order valence-corrected chi connectivity index (χ1v) is 8.92. The predicted molar refractivity (Wildman–Crippen MR) is 73.0 cm³/mol. The van der Waals surface area contributed by atoms with Crippen molar-refractivity contribution in [3.05, 3.63) is 0 Å². The van der Waals surface area contributed by atoms with E-state index in [1.165, 1.54) is 38.4 Å². The Labute approximate surface area is 106 Å². The van der Waals surface area contributed by atoms with E-state index in [4.69, 9.17) is 0 Å². The lowest BCUT2D eigenvalue weighted by atomic mass is 9.81. The molecule has 0 spiro atoms. The zero-order chi connectivity index (χ0) is 12.8.